The maximum atomic E-state index is 13.8. The fourth-order valence-electron chi connectivity index (χ4n) is 1.67. The first-order valence-corrected chi connectivity index (χ1v) is 5.78. The number of rotatable bonds is 3. The van der Waals surface area contributed by atoms with Crippen molar-refractivity contribution in [2.75, 3.05) is 6.61 Å². The third kappa shape index (κ3) is 2.88. The predicted molar refractivity (Wildman–Crippen MR) is 68.4 cm³/mol. The molecule has 1 N–H and O–H groups in total. The van der Waals surface area contributed by atoms with Crippen LogP contribution in [-0.2, 0) is 4.74 Å². The summed E-state index contributed by atoms with van der Waals surface area (Å²) in [5, 5.41) is 0. The van der Waals surface area contributed by atoms with E-state index in [1.54, 1.807) is 25.1 Å². The second-order valence-electron chi connectivity index (χ2n) is 3.84. The SMILES string of the molecule is CCOC(=O)c1ccc(-c2cccc(=O)[nH]2)cc1F. The lowest BCUT2D eigenvalue weighted by molar-refractivity contribution is 0.0521. The van der Waals surface area contributed by atoms with Gasteiger partial charge in [0.1, 0.15) is 5.82 Å². The minimum Gasteiger partial charge on any atom is -0.462 e. The molecule has 1 aromatic heterocycles. The summed E-state index contributed by atoms with van der Waals surface area (Å²) in [6.45, 7) is 1.84. The number of H-pyrrole nitrogens is 1. The molecule has 0 saturated heterocycles. The van der Waals surface area contributed by atoms with Crippen molar-refractivity contribution < 1.29 is 13.9 Å². The Bertz CT molecular complexity index is 664. The quantitative estimate of drug-likeness (QED) is 0.863. The first kappa shape index (κ1) is 13.0. The third-order valence-electron chi connectivity index (χ3n) is 2.54. The van der Waals surface area contributed by atoms with E-state index in [4.69, 9.17) is 4.74 Å². The molecule has 0 fully saturated rings. The highest BCUT2D eigenvalue weighted by molar-refractivity contribution is 5.90. The molecule has 0 aliphatic heterocycles. The molecule has 19 heavy (non-hydrogen) atoms. The molecule has 0 atom stereocenters. The van der Waals surface area contributed by atoms with Gasteiger partial charge in [-0.05, 0) is 25.1 Å². The normalized spacial score (nSPS) is 10.2. The van der Waals surface area contributed by atoms with E-state index in [2.05, 4.69) is 4.98 Å². The number of carbonyl (C=O) groups excluding carboxylic acids is 1. The summed E-state index contributed by atoms with van der Waals surface area (Å²) in [5.74, 6) is -1.38. The van der Waals surface area contributed by atoms with Crippen molar-refractivity contribution >= 4 is 5.97 Å². The number of nitrogens with one attached hydrogen (secondary N) is 1. The fourth-order valence-corrected chi connectivity index (χ4v) is 1.67. The average molecular weight is 261 g/mol. The summed E-state index contributed by atoms with van der Waals surface area (Å²) < 4.78 is 18.6. The van der Waals surface area contributed by atoms with Crippen LogP contribution < -0.4 is 5.56 Å². The molecule has 5 heteroatoms. The predicted octanol–water partition coefficient (Wildman–Crippen LogP) is 2.36. The Balaban J connectivity index is 2.39. The lowest BCUT2D eigenvalue weighted by Crippen LogP contribution is -2.08. The Hall–Kier alpha value is -2.43. The zero-order valence-electron chi connectivity index (χ0n) is 10.3. The summed E-state index contributed by atoms with van der Waals surface area (Å²) in [5.41, 5.74) is 0.585. The fraction of sp³-hybridized carbons (Fsp3) is 0.143. The Morgan fingerprint density at radius 3 is 2.74 bits per heavy atom. The molecule has 0 amide bonds. The largest absolute Gasteiger partial charge is 0.462 e. The molecule has 98 valence electrons. The van der Waals surface area contributed by atoms with E-state index >= 15 is 0 Å². The van der Waals surface area contributed by atoms with Crippen LogP contribution in [0.4, 0.5) is 4.39 Å². The number of ether oxygens (including phenoxy) is 1. The van der Waals surface area contributed by atoms with Crippen LogP contribution >= 0.6 is 0 Å². The molecule has 0 aliphatic rings. The van der Waals surface area contributed by atoms with Gasteiger partial charge in [-0.3, -0.25) is 4.79 Å². The van der Waals surface area contributed by atoms with Crippen LogP contribution in [0.25, 0.3) is 11.3 Å². The summed E-state index contributed by atoms with van der Waals surface area (Å²) in [4.78, 5) is 25.2. The number of esters is 1. The minimum atomic E-state index is -0.701. The van der Waals surface area contributed by atoms with E-state index in [1.165, 1.54) is 18.2 Å². The highest BCUT2D eigenvalue weighted by Gasteiger charge is 2.13. The van der Waals surface area contributed by atoms with Gasteiger partial charge in [-0.15, -0.1) is 0 Å². The van der Waals surface area contributed by atoms with Gasteiger partial charge in [-0.1, -0.05) is 12.1 Å². The Labute approximate surface area is 108 Å². The smallest absolute Gasteiger partial charge is 0.341 e. The molecule has 4 nitrogen and oxygen atoms in total. The maximum absolute atomic E-state index is 13.8. The van der Waals surface area contributed by atoms with Crippen molar-refractivity contribution in [2.24, 2.45) is 0 Å². The summed E-state index contributed by atoms with van der Waals surface area (Å²) >= 11 is 0. The lowest BCUT2D eigenvalue weighted by atomic mass is 10.1. The van der Waals surface area contributed by atoms with Crippen molar-refractivity contribution in [3.8, 4) is 11.3 Å². The van der Waals surface area contributed by atoms with Crippen molar-refractivity contribution in [2.45, 2.75) is 6.92 Å². The number of benzene rings is 1. The van der Waals surface area contributed by atoms with Gasteiger partial charge in [0, 0.05) is 17.3 Å². The third-order valence-corrected chi connectivity index (χ3v) is 2.54. The van der Waals surface area contributed by atoms with Crippen LogP contribution in [-0.4, -0.2) is 17.6 Å². The van der Waals surface area contributed by atoms with Crippen molar-refractivity contribution in [3.05, 3.63) is 58.1 Å². The van der Waals surface area contributed by atoms with E-state index in [0.29, 0.717) is 11.3 Å². The number of hydrogen-bond acceptors (Lipinski definition) is 3. The topological polar surface area (TPSA) is 59.2 Å². The van der Waals surface area contributed by atoms with E-state index in [0.717, 1.165) is 0 Å². The van der Waals surface area contributed by atoms with Crippen molar-refractivity contribution in [1.82, 2.24) is 4.98 Å². The summed E-state index contributed by atoms with van der Waals surface area (Å²) in [7, 11) is 0. The molecule has 0 spiro atoms. The molecule has 1 aromatic carbocycles. The van der Waals surface area contributed by atoms with E-state index < -0.39 is 11.8 Å². The first-order chi connectivity index (χ1) is 9.11. The average Bonchev–Trinajstić information content (AvgIpc) is 2.38. The number of aromatic nitrogens is 1. The molecule has 0 saturated carbocycles. The second kappa shape index (κ2) is 5.48. The van der Waals surface area contributed by atoms with Gasteiger partial charge in [0.25, 0.3) is 0 Å². The van der Waals surface area contributed by atoms with Crippen LogP contribution in [0, 0.1) is 5.82 Å². The standard InChI is InChI=1S/C14H12FNO3/c1-2-19-14(18)10-7-6-9(8-11(10)15)12-4-3-5-13(17)16-12/h3-8H,2H2,1H3,(H,16,17). The Morgan fingerprint density at radius 2 is 2.11 bits per heavy atom. The minimum absolute atomic E-state index is 0.121. The highest BCUT2D eigenvalue weighted by atomic mass is 19.1. The van der Waals surface area contributed by atoms with Gasteiger partial charge in [0.05, 0.1) is 12.2 Å². The van der Waals surface area contributed by atoms with Gasteiger partial charge in [0.2, 0.25) is 5.56 Å². The van der Waals surface area contributed by atoms with Gasteiger partial charge in [0.15, 0.2) is 0 Å². The summed E-state index contributed by atoms with van der Waals surface area (Å²) in [6.07, 6.45) is 0. The highest BCUT2D eigenvalue weighted by Crippen LogP contribution is 2.19. The lowest BCUT2D eigenvalue weighted by Gasteiger charge is -2.06. The number of carbonyl (C=O) groups is 1. The Kier molecular flexibility index (Phi) is 3.75. The van der Waals surface area contributed by atoms with E-state index in [1.807, 2.05) is 0 Å². The molecule has 0 unspecified atom stereocenters. The van der Waals surface area contributed by atoms with Crippen LogP contribution in [0.15, 0.2) is 41.2 Å². The van der Waals surface area contributed by atoms with E-state index in [-0.39, 0.29) is 17.7 Å². The monoisotopic (exact) mass is 261 g/mol. The molecule has 0 aliphatic carbocycles. The van der Waals surface area contributed by atoms with Gasteiger partial charge in [-0.25, -0.2) is 9.18 Å². The molecule has 1 heterocycles. The van der Waals surface area contributed by atoms with Crippen molar-refractivity contribution in [1.29, 1.82) is 0 Å². The molecule has 0 radical (unpaired) electrons. The molecular weight excluding hydrogens is 249 g/mol. The number of pyridine rings is 1. The van der Waals surface area contributed by atoms with Gasteiger partial charge < -0.3 is 9.72 Å². The molecule has 2 aromatic rings. The summed E-state index contributed by atoms with van der Waals surface area (Å²) in [6, 6.07) is 8.69. The molecule has 0 bridgehead atoms. The van der Waals surface area contributed by atoms with Crippen LogP contribution in [0.3, 0.4) is 0 Å². The zero-order chi connectivity index (χ0) is 13.8. The molecule has 2 rings (SSSR count). The van der Waals surface area contributed by atoms with Crippen LogP contribution in [0.5, 0.6) is 0 Å². The van der Waals surface area contributed by atoms with Gasteiger partial charge in [-0.2, -0.15) is 0 Å². The van der Waals surface area contributed by atoms with Crippen LogP contribution in [0.1, 0.15) is 17.3 Å². The van der Waals surface area contributed by atoms with Crippen molar-refractivity contribution in [3.63, 3.8) is 0 Å². The van der Waals surface area contributed by atoms with Crippen LogP contribution in [0.2, 0.25) is 0 Å². The second-order valence-corrected chi connectivity index (χ2v) is 3.84. The number of hydrogen-bond donors (Lipinski definition) is 1. The number of aromatic amines is 1. The zero-order valence-corrected chi connectivity index (χ0v) is 10.3. The van der Waals surface area contributed by atoms with E-state index in [9.17, 15) is 14.0 Å². The Morgan fingerprint density at radius 1 is 1.32 bits per heavy atom. The number of halogens is 1. The molecular formula is C14H12FNO3. The van der Waals surface area contributed by atoms with Gasteiger partial charge >= 0.3 is 5.97 Å². The first-order valence-electron chi connectivity index (χ1n) is 5.78. The maximum Gasteiger partial charge on any atom is 0.341 e.